The van der Waals surface area contributed by atoms with Gasteiger partial charge in [0.2, 0.25) is 0 Å². The predicted octanol–water partition coefficient (Wildman–Crippen LogP) is 11.0. The van der Waals surface area contributed by atoms with Crippen molar-refractivity contribution in [3.05, 3.63) is 24.3 Å². The van der Waals surface area contributed by atoms with Gasteiger partial charge in [-0.1, -0.05) is 147 Å². The zero-order valence-electron chi connectivity index (χ0n) is 33.4. The van der Waals surface area contributed by atoms with Crippen LogP contribution in [0.5, 0.6) is 0 Å². The molecule has 0 amide bonds. The van der Waals surface area contributed by atoms with Gasteiger partial charge in [0, 0.05) is 13.0 Å². The lowest BCUT2D eigenvalue weighted by Gasteiger charge is -2.28. The van der Waals surface area contributed by atoms with Crippen molar-refractivity contribution in [1.82, 2.24) is 0 Å². The second-order valence-corrected chi connectivity index (χ2v) is 16.4. The molecule has 0 radical (unpaired) electrons. The van der Waals surface area contributed by atoms with Gasteiger partial charge in [-0.05, 0) is 44.9 Å². The predicted molar refractivity (Wildman–Crippen MR) is 208 cm³/mol. The first-order valence-corrected chi connectivity index (χ1v) is 22.0. The largest absolute Gasteiger partial charge is 0.756 e. The molecule has 2 unspecified atom stereocenters. The molecule has 296 valence electrons. The molecule has 0 aromatic rings. The number of unbranched alkanes of at least 4 members (excludes halogenated alkanes) is 20. The van der Waals surface area contributed by atoms with Crippen LogP contribution in [-0.2, 0) is 27.9 Å². The highest BCUT2D eigenvalue weighted by atomic mass is 31.2. The van der Waals surface area contributed by atoms with Crippen molar-refractivity contribution in [1.29, 1.82) is 0 Å². The van der Waals surface area contributed by atoms with Crippen LogP contribution in [0, 0.1) is 0 Å². The number of carbonyl (C=O) groups is 1. The fraction of sp³-hybridized carbons (Fsp3) is 0.878. The Morgan fingerprint density at radius 3 is 1.62 bits per heavy atom. The standard InChI is InChI=1S/C41H80NO7P/c1-6-8-10-12-14-15-16-17-18-19-20-21-22-23-24-25-26-27-28-29-31-33-36-46-38-40(49-41(43)34-32-30-13-11-9-7-2)39-48-50(44,45)47-37-35-42(3,4)5/h16-17,19-20,40H,6-15,18,21-39H2,1-5H3/b17-16-,20-19-. The Kier molecular flexibility index (Phi) is 34.3. The molecular formula is C41H80NO7P. The highest BCUT2D eigenvalue weighted by molar-refractivity contribution is 7.45. The van der Waals surface area contributed by atoms with E-state index >= 15 is 0 Å². The first-order chi connectivity index (χ1) is 24.1. The van der Waals surface area contributed by atoms with Crippen molar-refractivity contribution in [3.8, 4) is 0 Å². The van der Waals surface area contributed by atoms with Gasteiger partial charge in [0.25, 0.3) is 7.82 Å². The van der Waals surface area contributed by atoms with E-state index in [9.17, 15) is 14.3 Å². The number of hydrogen-bond acceptors (Lipinski definition) is 7. The summed E-state index contributed by atoms with van der Waals surface area (Å²) in [6, 6.07) is 0. The summed E-state index contributed by atoms with van der Waals surface area (Å²) < 4.78 is 34.3. The molecular weight excluding hydrogens is 649 g/mol. The van der Waals surface area contributed by atoms with Crippen LogP contribution in [0.25, 0.3) is 0 Å². The second kappa shape index (κ2) is 35.0. The number of carbonyl (C=O) groups excluding carboxylic acids is 1. The van der Waals surface area contributed by atoms with Crippen molar-refractivity contribution in [2.45, 2.75) is 180 Å². The van der Waals surface area contributed by atoms with Gasteiger partial charge < -0.3 is 27.9 Å². The maximum Gasteiger partial charge on any atom is 0.306 e. The molecule has 0 aromatic heterocycles. The normalized spacial score (nSPS) is 14.1. The Morgan fingerprint density at radius 1 is 0.620 bits per heavy atom. The lowest BCUT2D eigenvalue weighted by Crippen LogP contribution is -2.37. The third kappa shape index (κ3) is 38.2. The summed E-state index contributed by atoms with van der Waals surface area (Å²) >= 11 is 0. The van der Waals surface area contributed by atoms with Crippen molar-refractivity contribution in [2.24, 2.45) is 0 Å². The van der Waals surface area contributed by atoms with Crippen LogP contribution < -0.4 is 4.89 Å². The van der Waals surface area contributed by atoms with Crippen molar-refractivity contribution in [2.75, 3.05) is 54.1 Å². The van der Waals surface area contributed by atoms with Crippen LogP contribution in [-0.4, -0.2) is 70.7 Å². The average Bonchev–Trinajstić information content (AvgIpc) is 3.06. The van der Waals surface area contributed by atoms with Gasteiger partial charge in [-0.3, -0.25) is 9.36 Å². The molecule has 0 bridgehead atoms. The van der Waals surface area contributed by atoms with Gasteiger partial charge >= 0.3 is 5.97 Å². The molecule has 0 rings (SSSR count). The van der Waals surface area contributed by atoms with Crippen molar-refractivity contribution >= 4 is 13.8 Å². The van der Waals surface area contributed by atoms with Crippen LogP contribution in [0.4, 0.5) is 0 Å². The van der Waals surface area contributed by atoms with Crippen LogP contribution in [0.15, 0.2) is 24.3 Å². The SMILES string of the molecule is CCCCCCC/C=C\C/C=C\CCCCCCCCCCCCOCC(COP(=O)([O-])OCC[N+](C)(C)C)OC(=O)CCCCCCCC. The van der Waals surface area contributed by atoms with E-state index in [1.165, 1.54) is 116 Å². The Labute approximate surface area is 309 Å². The molecule has 9 heteroatoms. The van der Waals surface area contributed by atoms with E-state index in [-0.39, 0.29) is 25.8 Å². The zero-order valence-corrected chi connectivity index (χ0v) is 34.2. The fourth-order valence-electron chi connectivity index (χ4n) is 5.52. The minimum absolute atomic E-state index is 0.0267. The molecule has 0 heterocycles. The lowest BCUT2D eigenvalue weighted by molar-refractivity contribution is -0.870. The van der Waals surface area contributed by atoms with Crippen molar-refractivity contribution < 1.29 is 37.3 Å². The summed E-state index contributed by atoms with van der Waals surface area (Å²) in [5, 5.41) is 0. The monoisotopic (exact) mass is 730 g/mol. The van der Waals surface area contributed by atoms with Crippen LogP contribution >= 0.6 is 7.82 Å². The molecule has 0 aliphatic rings. The highest BCUT2D eigenvalue weighted by Gasteiger charge is 2.20. The minimum Gasteiger partial charge on any atom is -0.756 e. The van der Waals surface area contributed by atoms with Crippen LogP contribution in [0.1, 0.15) is 174 Å². The Balaban J connectivity index is 4.02. The van der Waals surface area contributed by atoms with Gasteiger partial charge in [-0.2, -0.15) is 0 Å². The second-order valence-electron chi connectivity index (χ2n) is 15.0. The minimum atomic E-state index is -4.51. The molecule has 0 saturated heterocycles. The van der Waals surface area contributed by atoms with E-state index in [1.54, 1.807) is 0 Å². The van der Waals surface area contributed by atoms with E-state index in [0.29, 0.717) is 24.1 Å². The van der Waals surface area contributed by atoms with Gasteiger partial charge in [0.05, 0.1) is 34.4 Å². The highest BCUT2D eigenvalue weighted by Crippen LogP contribution is 2.38. The van der Waals surface area contributed by atoms with Crippen molar-refractivity contribution in [3.63, 3.8) is 0 Å². The quantitative estimate of drug-likeness (QED) is 0.0205. The summed E-state index contributed by atoms with van der Waals surface area (Å²) in [5.74, 6) is -0.344. The average molecular weight is 730 g/mol. The number of nitrogens with zero attached hydrogens (tertiary/aromatic N) is 1. The van der Waals surface area contributed by atoms with Gasteiger partial charge in [0.1, 0.15) is 19.3 Å². The first kappa shape index (κ1) is 49.0. The third-order valence-corrected chi connectivity index (χ3v) is 9.72. The molecule has 0 spiro atoms. The van der Waals surface area contributed by atoms with Gasteiger partial charge in [-0.25, -0.2) is 0 Å². The van der Waals surface area contributed by atoms with E-state index in [2.05, 4.69) is 38.2 Å². The van der Waals surface area contributed by atoms with Gasteiger partial charge in [0.15, 0.2) is 0 Å². The topological polar surface area (TPSA) is 94.1 Å². The number of esters is 1. The first-order valence-electron chi connectivity index (χ1n) is 20.6. The molecule has 0 aliphatic heterocycles. The molecule has 0 aromatic carbocycles. The smallest absolute Gasteiger partial charge is 0.306 e. The fourth-order valence-corrected chi connectivity index (χ4v) is 6.25. The molecule has 0 aliphatic carbocycles. The van der Waals surface area contributed by atoms with Crippen LogP contribution in [0.3, 0.4) is 0 Å². The molecule has 0 fully saturated rings. The number of ether oxygens (including phenoxy) is 2. The van der Waals surface area contributed by atoms with E-state index in [4.69, 9.17) is 18.5 Å². The maximum atomic E-state index is 12.5. The molecule has 8 nitrogen and oxygen atoms in total. The summed E-state index contributed by atoms with van der Waals surface area (Å²) in [4.78, 5) is 24.7. The summed E-state index contributed by atoms with van der Waals surface area (Å²) in [5.41, 5.74) is 0. The molecule has 50 heavy (non-hydrogen) atoms. The lowest BCUT2D eigenvalue weighted by atomic mass is 10.1. The van der Waals surface area contributed by atoms with Gasteiger partial charge in [-0.15, -0.1) is 0 Å². The summed E-state index contributed by atoms with van der Waals surface area (Å²) in [6.45, 7) is 5.34. The summed E-state index contributed by atoms with van der Waals surface area (Å²) in [7, 11) is 1.36. The Morgan fingerprint density at radius 2 is 1.10 bits per heavy atom. The Hall–Kier alpha value is -1.02. The molecule has 0 saturated carbocycles. The van der Waals surface area contributed by atoms with E-state index < -0.39 is 13.9 Å². The summed E-state index contributed by atoms with van der Waals surface area (Å²) in [6.07, 6.45) is 37.9. The number of hydrogen-bond donors (Lipinski definition) is 0. The third-order valence-electron chi connectivity index (χ3n) is 8.76. The van der Waals surface area contributed by atoms with E-state index in [0.717, 1.165) is 38.5 Å². The number of quaternary nitrogens is 1. The van der Waals surface area contributed by atoms with E-state index in [1.807, 2.05) is 21.1 Å². The number of likely N-dealkylation sites (N-methyl/N-ethyl adjacent to an activating group) is 1. The Bertz CT molecular complexity index is 858. The number of phosphoric ester groups is 1. The number of allylic oxidation sites excluding steroid dienone is 4. The number of rotatable bonds is 38. The van der Waals surface area contributed by atoms with Crippen LogP contribution in [0.2, 0.25) is 0 Å². The molecule has 0 N–H and O–H groups in total. The maximum absolute atomic E-state index is 12.5. The molecule has 2 atom stereocenters. The zero-order chi connectivity index (χ0) is 37.0. The number of phosphoric acid groups is 1.